The third kappa shape index (κ3) is 6.59. The fourth-order valence-corrected chi connectivity index (χ4v) is 7.64. The number of pyridine rings is 1. The van der Waals surface area contributed by atoms with Crippen molar-refractivity contribution in [1.82, 2.24) is 24.6 Å². The predicted molar refractivity (Wildman–Crippen MR) is 179 cm³/mol. The van der Waals surface area contributed by atoms with Crippen molar-refractivity contribution in [2.75, 3.05) is 52.4 Å². The molecule has 4 heterocycles. The van der Waals surface area contributed by atoms with Crippen LogP contribution >= 0.6 is 0 Å². The first-order valence-corrected chi connectivity index (χ1v) is 17.3. The Morgan fingerprint density at radius 1 is 0.565 bits per heavy atom. The van der Waals surface area contributed by atoms with Gasteiger partial charge in [0.15, 0.2) is 0 Å². The summed E-state index contributed by atoms with van der Waals surface area (Å²) in [6.45, 7) is 5.87. The van der Waals surface area contributed by atoms with Crippen LogP contribution in [0.15, 0.2) is 72.8 Å². The van der Waals surface area contributed by atoms with Crippen LogP contribution in [0.4, 0.5) is 0 Å². The van der Waals surface area contributed by atoms with E-state index in [2.05, 4.69) is 4.90 Å². The Kier molecular flexibility index (Phi) is 9.15. The number of carbonyl (C=O) groups is 3. The molecule has 3 saturated heterocycles. The predicted octanol–water partition coefficient (Wildman–Crippen LogP) is 5.20. The zero-order valence-corrected chi connectivity index (χ0v) is 26.7. The van der Waals surface area contributed by atoms with Crippen molar-refractivity contribution in [2.24, 2.45) is 11.8 Å². The quantitative estimate of drug-likeness (QED) is 0.379. The van der Waals surface area contributed by atoms with E-state index in [1.54, 1.807) is 0 Å². The molecule has 4 fully saturated rings. The molecule has 1 atom stereocenters. The van der Waals surface area contributed by atoms with Gasteiger partial charge in [-0.1, -0.05) is 67.1 Å². The average molecular weight is 620 g/mol. The molecule has 0 bridgehead atoms. The topological polar surface area (TPSA) is 77.1 Å². The van der Waals surface area contributed by atoms with E-state index in [1.807, 2.05) is 87.5 Å². The molecule has 240 valence electrons. The minimum atomic E-state index is 0.0203. The lowest BCUT2D eigenvalue weighted by Gasteiger charge is -2.44. The highest BCUT2D eigenvalue weighted by Crippen LogP contribution is 2.30. The Hall–Kier alpha value is -4.04. The van der Waals surface area contributed by atoms with E-state index >= 15 is 0 Å². The number of hydrogen-bond donors (Lipinski definition) is 0. The molecule has 2 aromatic carbocycles. The van der Waals surface area contributed by atoms with E-state index in [-0.39, 0.29) is 23.7 Å². The Labute approximate surface area is 272 Å². The fourth-order valence-electron chi connectivity index (χ4n) is 7.64. The molecule has 8 nitrogen and oxygen atoms in total. The molecular formula is C38H45N5O3. The van der Waals surface area contributed by atoms with E-state index in [4.69, 9.17) is 4.98 Å². The van der Waals surface area contributed by atoms with Gasteiger partial charge in [-0.05, 0) is 57.2 Å². The standard InChI is InChI=1S/C38H45N5O3/c44-36(30-13-7-14-30)41-21-23-42(24-22-41)37(45)31-15-8-18-43(27-31)33-16-19-40(20-17-33)38(46)32-25-34(28-9-3-1-4-10-28)39-35(26-32)29-11-5-2-6-12-29/h1-6,9-12,25-26,30-31,33H,7-8,13-24,27H2/t31-/m1/s1. The van der Waals surface area contributed by atoms with Crippen molar-refractivity contribution in [1.29, 1.82) is 0 Å². The second-order valence-electron chi connectivity index (χ2n) is 13.5. The third-order valence-corrected chi connectivity index (χ3v) is 10.6. The zero-order chi connectivity index (χ0) is 31.5. The molecule has 0 N–H and O–H groups in total. The molecule has 3 aromatic rings. The second-order valence-corrected chi connectivity index (χ2v) is 13.5. The molecule has 3 amide bonds. The van der Waals surface area contributed by atoms with E-state index in [0.717, 1.165) is 80.6 Å². The van der Waals surface area contributed by atoms with E-state index < -0.39 is 0 Å². The minimum Gasteiger partial charge on any atom is -0.339 e. The van der Waals surface area contributed by atoms with Gasteiger partial charge in [0.2, 0.25) is 11.8 Å². The van der Waals surface area contributed by atoms with Gasteiger partial charge in [0.25, 0.3) is 5.91 Å². The van der Waals surface area contributed by atoms with Crippen LogP contribution in [-0.2, 0) is 9.59 Å². The first-order valence-electron chi connectivity index (χ1n) is 17.3. The van der Waals surface area contributed by atoms with Crippen LogP contribution in [0.25, 0.3) is 22.5 Å². The van der Waals surface area contributed by atoms with Crippen LogP contribution in [0.1, 0.15) is 55.3 Å². The highest BCUT2D eigenvalue weighted by molar-refractivity contribution is 5.96. The van der Waals surface area contributed by atoms with Gasteiger partial charge in [0, 0.05) is 74.5 Å². The Morgan fingerprint density at radius 3 is 1.61 bits per heavy atom. The van der Waals surface area contributed by atoms with Crippen molar-refractivity contribution in [2.45, 2.75) is 51.0 Å². The molecule has 1 aliphatic carbocycles. The number of benzene rings is 2. The summed E-state index contributed by atoms with van der Waals surface area (Å²) in [5.74, 6) is 0.848. The average Bonchev–Trinajstić information content (AvgIpc) is 3.11. The molecule has 0 spiro atoms. The van der Waals surface area contributed by atoms with Crippen LogP contribution in [0, 0.1) is 11.8 Å². The van der Waals surface area contributed by atoms with E-state index in [1.165, 1.54) is 0 Å². The monoisotopic (exact) mass is 619 g/mol. The summed E-state index contributed by atoms with van der Waals surface area (Å²) in [5.41, 5.74) is 4.26. The molecule has 46 heavy (non-hydrogen) atoms. The molecule has 0 unspecified atom stereocenters. The van der Waals surface area contributed by atoms with Crippen LogP contribution < -0.4 is 0 Å². The van der Waals surface area contributed by atoms with E-state index in [0.29, 0.717) is 56.8 Å². The van der Waals surface area contributed by atoms with Gasteiger partial charge in [-0.25, -0.2) is 4.98 Å². The lowest BCUT2D eigenvalue weighted by molar-refractivity contribution is -0.146. The summed E-state index contributed by atoms with van der Waals surface area (Å²) in [7, 11) is 0. The van der Waals surface area contributed by atoms with Gasteiger partial charge in [-0.2, -0.15) is 0 Å². The van der Waals surface area contributed by atoms with Gasteiger partial charge in [-0.15, -0.1) is 0 Å². The molecule has 1 aromatic heterocycles. The molecule has 0 radical (unpaired) electrons. The minimum absolute atomic E-state index is 0.0203. The summed E-state index contributed by atoms with van der Waals surface area (Å²) >= 11 is 0. The Bertz CT molecular complexity index is 1470. The fraction of sp³-hybridized carbons (Fsp3) is 0.474. The number of piperidine rings is 2. The summed E-state index contributed by atoms with van der Waals surface area (Å²) < 4.78 is 0. The van der Waals surface area contributed by atoms with Gasteiger partial charge in [0.1, 0.15) is 0 Å². The van der Waals surface area contributed by atoms with Crippen LogP contribution in [0.5, 0.6) is 0 Å². The maximum Gasteiger partial charge on any atom is 0.254 e. The summed E-state index contributed by atoms with van der Waals surface area (Å²) in [5, 5.41) is 0. The van der Waals surface area contributed by atoms with Crippen LogP contribution in [-0.4, -0.2) is 101 Å². The van der Waals surface area contributed by atoms with Gasteiger partial charge >= 0.3 is 0 Å². The van der Waals surface area contributed by atoms with Crippen LogP contribution in [0.3, 0.4) is 0 Å². The zero-order valence-electron chi connectivity index (χ0n) is 26.7. The summed E-state index contributed by atoms with van der Waals surface area (Å²) in [4.78, 5) is 53.5. The maximum atomic E-state index is 13.9. The number of rotatable bonds is 6. The molecule has 7 rings (SSSR count). The largest absolute Gasteiger partial charge is 0.339 e. The SMILES string of the molecule is O=C(c1cc(-c2ccccc2)nc(-c2ccccc2)c1)N1CCC(N2CCC[C@@H](C(=O)N3CCN(C(=O)C4CCC4)CC3)C2)CC1. The first-order chi connectivity index (χ1) is 22.5. The molecule has 8 heteroatoms. The van der Waals surface area contributed by atoms with Gasteiger partial charge in [-0.3, -0.25) is 19.3 Å². The Morgan fingerprint density at radius 2 is 1.09 bits per heavy atom. The molecule has 4 aliphatic rings. The highest BCUT2D eigenvalue weighted by Gasteiger charge is 2.37. The molecular weight excluding hydrogens is 574 g/mol. The highest BCUT2D eigenvalue weighted by atomic mass is 16.2. The van der Waals surface area contributed by atoms with Crippen LogP contribution in [0.2, 0.25) is 0 Å². The number of nitrogens with zero attached hydrogens (tertiary/aromatic N) is 5. The molecule has 1 saturated carbocycles. The Balaban J connectivity index is 0.961. The first kappa shape index (κ1) is 30.6. The maximum absolute atomic E-state index is 13.9. The number of carbonyl (C=O) groups excluding carboxylic acids is 3. The number of hydrogen-bond acceptors (Lipinski definition) is 5. The summed E-state index contributed by atoms with van der Waals surface area (Å²) in [6.07, 6.45) is 7.00. The van der Waals surface area contributed by atoms with Crippen molar-refractivity contribution in [3.63, 3.8) is 0 Å². The smallest absolute Gasteiger partial charge is 0.254 e. The van der Waals surface area contributed by atoms with Crippen molar-refractivity contribution in [3.8, 4) is 22.5 Å². The normalized spacial score (nSPS) is 21.6. The lowest BCUT2D eigenvalue weighted by Crippen LogP contribution is -2.56. The van der Waals surface area contributed by atoms with Gasteiger partial charge in [0.05, 0.1) is 17.3 Å². The number of piperazine rings is 1. The van der Waals surface area contributed by atoms with Crippen molar-refractivity contribution in [3.05, 3.63) is 78.4 Å². The van der Waals surface area contributed by atoms with Crippen molar-refractivity contribution < 1.29 is 14.4 Å². The van der Waals surface area contributed by atoms with E-state index in [9.17, 15) is 14.4 Å². The molecule has 3 aliphatic heterocycles. The third-order valence-electron chi connectivity index (χ3n) is 10.6. The number of amides is 3. The number of aromatic nitrogens is 1. The lowest BCUT2D eigenvalue weighted by atomic mass is 9.84. The summed E-state index contributed by atoms with van der Waals surface area (Å²) in [6, 6.07) is 24.3. The second kappa shape index (κ2) is 13.8. The number of likely N-dealkylation sites (tertiary alicyclic amines) is 2. The van der Waals surface area contributed by atoms with Crippen molar-refractivity contribution >= 4 is 17.7 Å². The van der Waals surface area contributed by atoms with Gasteiger partial charge < -0.3 is 14.7 Å².